The highest BCUT2D eigenvalue weighted by atomic mass is 16.5. The highest BCUT2D eigenvalue weighted by Crippen LogP contribution is 2.18. The minimum absolute atomic E-state index is 0.0143. The molecule has 2 heteroatoms. The first kappa shape index (κ1) is 11.9. The van der Waals surface area contributed by atoms with Gasteiger partial charge in [0.15, 0.2) is 0 Å². The Morgan fingerprint density at radius 1 is 1.29 bits per heavy atom. The molecule has 17 heavy (non-hydrogen) atoms. The molecular weight excluding hydrogens is 212 g/mol. The number of allylic oxidation sites excluding steroid dienone is 1. The summed E-state index contributed by atoms with van der Waals surface area (Å²) in [6.45, 7) is 0.479. The summed E-state index contributed by atoms with van der Waals surface area (Å²) in [5, 5.41) is 0. The molecule has 1 aromatic rings. The SMILES string of the molecule is O=C(OCCc1ccccc1)C1C=CCCC1. The van der Waals surface area contributed by atoms with Gasteiger partial charge in [-0.25, -0.2) is 0 Å². The van der Waals surface area contributed by atoms with E-state index in [4.69, 9.17) is 4.74 Å². The second-order valence-electron chi connectivity index (χ2n) is 4.37. The number of hydrogen-bond donors (Lipinski definition) is 0. The maximum atomic E-state index is 11.7. The third kappa shape index (κ3) is 3.74. The van der Waals surface area contributed by atoms with Crippen molar-refractivity contribution in [3.05, 3.63) is 48.0 Å². The van der Waals surface area contributed by atoms with E-state index in [1.165, 1.54) is 5.56 Å². The van der Waals surface area contributed by atoms with E-state index in [2.05, 4.69) is 6.08 Å². The molecule has 0 bridgehead atoms. The molecule has 1 aromatic carbocycles. The average Bonchev–Trinajstić information content (AvgIpc) is 2.41. The van der Waals surface area contributed by atoms with Crippen LogP contribution in [0.15, 0.2) is 42.5 Å². The largest absolute Gasteiger partial charge is 0.465 e. The molecule has 0 N–H and O–H groups in total. The second kappa shape index (κ2) is 6.24. The average molecular weight is 230 g/mol. The van der Waals surface area contributed by atoms with E-state index in [0.29, 0.717) is 6.61 Å². The fraction of sp³-hybridized carbons (Fsp3) is 0.400. The zero-order valence-electron chi connectivity index (χ0n) is 9.97. The number of hydrogen-bond acceptors (Lipinski definition) is 2. The van der Waals surface area contributed by atoms with Crippen LogP contribution < -0.4 is 0 Å². The molecule has 2 rings (SSSR count). The standard InChI is InChI=1S/C15H18O2/c16-15(14-9-5-2-6-10-14)17-12-11-13-7-3-1-4-8-13/h1,3-5,7-9,14H,2,6,10-12H2. The minimum Gasteiger partial charge on any atom is -0.465 e. The Hall–Kier alpha value is -1.57. The van der Waals surface area contributed by atoms with Crippen molar-refractivity contribution in [1.29, 1.82) is 0 Å². The van der Waals surface area contributed by atoms with Gasteiger partial charge >= 0.3 is 5.97 Å². The van der Waals surface area contributed by atoms with Crippen molar-refractivity contribution in [1.82, 2.24) is 0 Å². The molecule has 1 unspecified atom stereocenters. The molecule has 0 heterocycles. The van der Waals surface area contributed by atoms with Crippen molar-refractivity contribution in [2.75, 3.05) is 6.61 Å². The van der Waals surface area contributed by atoms with Gasteiger partial charge in [0.1, 0.15) is 0 Å². The van der Waals surface area contributed by atoms with E-state index in [1.54, 1.807) is 0 Å². The first-order chi connectivity index (χ1) is 8.36. The van der Waals surface area contributed by atoms with Gasteiger partial charge in [0.05, 0.1) is 12.5 Å². The Morgan fingerprint density at radius 2 is 2.12 bits per heavy atom. The maximum Gasteiger partial charge on any atom is 0.312 e. The lowest BCUT2D eigenvalue weighted by Crippen LogP contribution is -2.18. The van der Waals surface area contributed by atoms with Crippen molar-refractivity contribution < 1.29 is 9.53 Å². The van der Waals surface area contributed by atoms with Crippen LogP contribution in [0.25, 0.3) is 0 Å². The van der Waals surface area contributed by atoms with Gasteiger partial charge in [-0.05, 0) is 24.8 Å². The zero-order valence-corrected chi connectivity index (χ0v) is 9.97. The van der Waals surface area contributed by atoms with E-state index < -0.39 is 0 Å². The Kier molecular flexibility index (Phi) is 4.37. The van der Waals surface area contributed by atoms with Crippen LogP contribution in [-0.4, -0.2) is 12.6 Å². The van der Waals surface area contributed by atoms with Crippen molar-refractivity contribution >= 4 is 5.97 Å². The Morgan fingerprint density at radius 3 is 2.82 bits per heavy atom. The molecule has 1 aliphatic carbocycles. The van der Waals surface area contributed by atoms with Crippen LogP contribution in [-0.2, 0) is 16.0 Å². The number of ether oxygens (including phenoxy) is 1. The van der Waals surface area contributed by atoms with Gasteiger partial charge in [0.25, 0.3) is 0 Å². The summed E-state index contributed by atoms with van der Waals surface area (Å²) in [6.07, 6.45) is 7.97. The predicted molar refractivity (Wildman–Crippen MR) is 67.6 cm³/mol. The van der Waals surface area contributed by atoms with Gasteiger partial charge in [-0.15, -0.1) is 0 Å². The molecule has 0 amide bonds. The van der Waals surface area contributed by atoms with Crippen LogP contribution in [0.2, 0.25) is 0 Å². The molecule has 0 spiro atoms. The van der Waals surface area contributed by atoms with E-state index in [-0.39, 0.29) is 11.9 Å². The molecule has 0 aromatic heterocycles. The van der Waals surface area contributed by atoms with E-state index in [1.807, 2.05) is 36.4 Å². The predicted octanol–water partition coefficient (Wildman–Crippen LogP) is 3.13. The van der Waals surface area contributed by atoms with Gasteiger partial charge in [-0.1, -0.05) is 42.5 Å². The van der Waals surface area contributed by atoms with Crippen molar-refractivity contribution in [2.24, 2.45) is 5.92 Å². The molecule has 0 fully saturated rings. The number of rotatable bonds is 4. The van der Waals surface area contributed by atoms with Gasteiger partial charge in [0.2, 0.25) is 0 Å². The summed E-state index contributed by atoms with van der Waals surface area (Å²) in [4.78, 5) is 11.7. The monoisotopic (exact) mass is 230 g/mol. The molecule has 0 radical (unpaired) electrons. The molecule has 1 atom stereocenters. The summed E-state index contributed by atoms with van der Waals surface area (Å²) >= 11 is 0. The minimum atomic E-state index is -0.0723. The first-order valence-electron chi connectivity index (χ1n) is 6.23. The molecule has 0 aliphatic heterocycles. The first-order valence-corrected chi connectivity index (χ1v) is 6.23. The summed E-state index contributed by atoms with van der Waals surface area (Å²) in [7, 11) is 0. The molecule has 2 nitrogen and oxygen atoms in total. The van der Waals surface area contributed by atoms with Gasteiger partial charge in [-0.3, -0.25) is 4.79 Å². The number of esters is 1. The maximum absolute atomic E-state index is 11.7. The molecule has 1 aliphatic rings. The highest BCUT2D eigenvalue weighted by Gasteiger charge is 2.18. The molecule has 0 saturated carbocycles. The third-order valence-corrected chi connectivity index (χ3v) is 3.03. The molecular formula is C15H18O2. The van der Waals surface area contributed by atoms with Gasteiger partial charge < -0.3 is 4.74 Å². The van der Waals surface area contributed by atoms with E-state index >= 15 is 0 Å². The van der Waals surface area contributed by atoms with Crippen LogP contribution in [0.5, 0.6) is 0 Å². The van der Waals surface area contributed by atoms with E-state index in [0.717, 1.165) is 25.7 Å². The Bertz CT molecular complexity index is 381. The molecule has 90 valence electrons. The summed E-state index contributed by atoms with van der Waals surface area (Å²) in [5.41, 5.74) is 1.21. The number of benzene rings is 1. The van der Waals surface area contributed by atoms with Crippen molar-refractivity contribution in [3.63, 3.8) is 0 Å². The lowest BCUT2D eigenvalue weighted by molar-refractivity contribution is -0.147. The number of carbonyl (C=O) groups excluding carboxylic acids is 1. The fourth-order valence-corrected chi connectivity index (χ4v) is 2.03. The van der Waals surface area contributed by atoms with Crippen LogP contribution >= 0.6 is 0 Å². The third-order valence-electron chi connectivity index (χ3n) is 3.03. The van der Waals surface area contributed by atoms with E-state index in [9.17, 15) is 4.79 Å². The molecule has 0 saturated heterocycles. The van der Waals surface area contributed by atoms with Crippen molar-refractivity contribution in [2.45, 2.75) is 25.7 Å². The fourth-order valence-electron chi connectivity index (χ4n) is 2.03. The summed E-state index contributed by atoms with van der Waals surface area (Å²) in [6, 6.07) is 10.1. The zero-order chi connectivity index (χ0) is 11.9. The van der Waals surface area contributed by atoms with Crippen LogP contribution in [0, 0.1) is 5.92 Å². The van der Waals surface area contributed by atoms with Crippen LogP contribution in [0.3, 0.4) is 0 Å². The van der Waals surface area contributed by atoms with Gasteiger partial charge in [0, 0.05) is 6.42 Å². The lowest BCUT2D eigenvalue weighted by atomic mass is 9.96. The smallest absolute Gasteiger partial charge is 0.312 e. The van der Waals surface area contributed by atoms with Crippen molar-refractivity contribution in [3.8, 4) is 0 Å². The summed E-state index contributed by atoms with van der Waals surface area (Å²) < 4.78 is 5.30. The van der Waals surface area contributed by atoms with Crippen LogP contribution in [0.1, 0.15) is 24.8 Å². The summed E-state index contributed by atoms with van der Waals surface area (Å²) in [5.74, 6) is -0.0867. The lowest BCUT2D eigenvalue weighted by Gasteiger charge is -2.15. The quantitative estimate of drug-likeness (QED) is 0.586. The topological polar surface area (TPSA) is 26.3 Å². The van der Waals surface area contributed by atoms with Gasteiger partial charge in [-0.2, -0.15) is 0 Å². The Balaban J connectivity index is 1.73. The number of carbonyl (C=O) groups is 1. The highest BCUT2D eigenvalue weighted by molar-refractivity contribution is 5.74. The normalized spacial score (nSPS) is 18.9. The Labute approximate surface area is 102 Å². The van der Waals surface area contributed by atoms with Crippen LogP contribution in [0.4, 0.5) is 0 Å². The second-order valence-corrected chi connectivity index (χ2v) is 4.37.